The maximum absolute atomic E-state index is 12.6. The first-order chi connectivity index (χ1) is 6.47. The van der Waals surface area contributed by atoms with E-state index in [2.05, 4.69) is 9.47 Å². The Morgan fingerprint density at radius 3 is 1.53 bits per heavy atom. The Kier molecular flexibility index (Phi) is 4.28. The standard InChI is InChI=1S/C5H4F8O2/c6-1-3(7,15-5(11,12)13)2-14-4(8,9)10/h1-2H2. The lowest BCUT2D eigenvalue weighted by molar-refractivity contribution is -0.420. The summed E-state index contributed by atoms with van der Waals surface area (Å²) < 4.78 is 97.6. The van der Waals surface area contributed by atoms with Crippen LogP contribution in [0.3, 0.4) is 0 Å². The van der Waals surface area contributed by atoms with Crippen LogP contribution in [0.4, 0.5) is 35.1 Å². The number of hydrogen-bond donors (Lipinski definition) is 0. The highest BCUT2D eigenvalue weighted by Crippen LogP contribution is 2.29. The van der Waals surface area contributed by atoms with Gasteiger partial charge < -0.3 is 0 Å². The molecule has 0 aliphatic carbocycles. The fraction of sp³-hybridized carbons (Fsp3) is 1.00. The Labute approximate surface area is 77.8 Å². The van der Waals surface area contributed by atoms with Gasteiger partial charge in [-0.3, -0.25) is 4.74 Å². The SMILES string of the molecule is FCC(F)(COC(F)(F)F)OC(F)(F)F. The van der Waals surface area contributed by atoms with Crippen LogP contribution in [0, 0.1) is 0 Å². The summed E-state index contributed by atoms with van der Waals surface area (Å²) >= 11 is 0. The predicted molar refractivity (Wildman–Crippen MR) is 29.0 cm³/mol. The van der Waals surface area contributed by atoms with Crippen molar-refractivity contribution in [3.05, 3.63) is 0 Å². The van der Waals surface area contributed by atoms with E-state index in [1.165, 1.54) is 0 Å². The van der Waals surface area contributed by atoms with Crippen molar-refractivity contribution in [1.29, 1.82) is 0 Å². The number of hydrogen-bond acceptors (Lipinski definition) is 2. The molecule has 0 amide bonds. The van der Waals surface area contributed by atoms with Crippen molar-refractivity contribution in [3.63, 3.8) is 0 Å². The normalized spacial score (nSPS) is 17.6. The maximum Gasteiger partial charge on any atom is 0.525 e. The van der Waals surface area contributed by atoms with Crippen molar-refractivity contribution in [2.24, 2.45) is 0 Å². The molecule has 15 heavy (non-hydrogen) atoms. The van der Waals surface area contributed by atoms with E-state index in [4.69, 9.17) is 0 Å². The molecule has 0 aliphatic rings. The molecule has 0 N–H and O–H groups in total. The highest BCUT2D eigenvalue weighted by molar-refractivity contribution is 4.66. The zero-order chi connectivity index (χ0) is 12.3. The molecule has 0 aromatic rings. The van der Waals surface area contributed by atoms with E-state index >= 15 is 0 Å². The first-order valence-electron chi connectivity index (χ1n) is 3.20. The molecule has 2 nitrogen and oxygen atoms in total. The quantitative estimate of drug-likeness (QED) is 0.712. The van der Waals surface area contributed by atoms with Crippen molar-refractivity contribution < 1.29 is 44.6 Å². The third-order valence-corrected chi connectivity index (χ3v) is 0.950. The highest BCUT2D eigenvalue weighted by Gasteiger charge is 2.47. The Balaban J connectivity index is 4.32. The first-order valence-corrected chi connectivity index (χ1v) is 3.20. The van der Waals surface area contributed by atoms with Crippen molar-refractivity contribution >= 4 is 0 Å². The van der Waals surface area contributed by atoms with Gasteiger partial charge in [-0.15, -0.1) is 26.3 Å². The van der Waals surface area contributed by atoms with E-state index in [0.29, 0.717) is 0 Å². The Bertz CT molecular complexity index is 198. The van der Waals surface area contributed by atoms with Crippen molar-refractivity contribution in [2.75, 3.05) is 13.3 Å². The van der Waals surface area contributed by atoms with Crippen molar-refractivity contribution in [3.8, 4) is 0 Å². The van der Waals surface area contributed by atoms with Gasteiger partial charge in [0.2, 0.25) is 0 Å². The van der Waals surface area contributed by atoms with E-state index in [1.54, 1.807) is 0 Å². The molecule has 0 aliphatic heterocycles. The van der Waals surface area contributed by atoms with Gasteiger partial charge >= 0.3 is 12.7 Å². The average Bonchev–Trinajstić information content (AvgIpc) is 1.97. The van der Waals surface area contributed by atoms with E-state index in [-0.39, 0.29) is 0 Å². The summed E-state index contributed by atoms with van der Waals surface area (Å²) in [4.78, 5) is 0. The number of rotatable bonds is 4. The zero-order valence-electron chi connectivity index (χ0n) is 6.75. The van der Waals surface area contributed by atoms with Gasteiger partial charge in [0.1, 0.15) is 6.61 Å². The summed E-state index contributed by atoms with van der Waals surface area (Å²) in [5, 5.41) is 0. The second-order valence-electron chi connectivity index (χ2n) is 2.30. The van der Waals surface area contributed by atoms with Gasteiger partial charge in [0.15, 0.2) is 6.67 Å². The molecule has 0 saturated carbocycles. The topological polar surface area (TPSA) is 18.5 Å². The van der Waals surface area contributed by atoms with Crippen LogP contribution in [-0.4, -0.2) is 31.9 Å². The van der Waals surface area contributed by atoms with Crippen LogP contribution in [-0.2, 0) is 9.47 Å². The lowest BCUT2D eigenvalue weighted by Crippen LogP contribution is -2.42. The second-order valence-corrected chi connectivity index (χ2v) is 2.30. The van der Waals surface area contributed by atoms with Crippen LogP contribution >= 0.6 is 0 Å². The van der Waals surface area contributed by atoms with Crippen LogP contribution in [0.25, 0.3) is 0 Å². The molecule has 0 saturated heterocycles. The van der Waals surface area contributed by atoms with Gasteiger partial charge in [0, 0.05) is 0 Å². The predicted octanol–water partition coefficient (Wildman–Crippen LogP) is 2.69. The molecule has 0 spiro atoms. The van der Waals surface area contributed by atoms with E-state index in [9.17, 15) is 35.1 Å². The average molecular weight is 248 g/mol. The summed E-state index contributed by atoms with van der Waals surface area (Å²) in [7, 11) is 0. The van der Waals surface area contributed by atoms with E-state index < -0.39 is 31.9 Å². The fourth-order valence-corrected chi connectivity index (χ4v) is 0.492. The zero-order valence-corrected chi connectivity index (χ0v) is 6.75. The number of halogens is 8. The van der Waals surface area contributed by atoms with Gasteiger partial charge in [-0.25, -0.2) is 13.5 Å². The molecule has 10 heteroatoms. The van der Waals surface area contributed by atoms with Gasteiger partial charge in [-0.05, 0) is 0 Å². The van der Waals surface area contributed by atoms with Gasteiger partial charge in [0.25, 0.3) is 5.85 Å². The summed E-state index contributed by atoms with van der Waals surface area (Å²) in [6.07, 6.45) is -11.0. The molecular weight excluding hydrogens is 244 g/mol. The van der Waals surface area contributed by atoms with Crippen LogP contribution in [0.15, 0.2) is 0 Å². The molecule has 0 bridgehead atoms. The van der Waals surface area contributed by atoms with Crippen LogP contribution in [0.5, 0.6) is 0 Å². The minimum absolute atomic E-state index is 2.24. The Morgan fingerprint density at radius 1 is 0.800 bits per heavy atom. The number of alkyl halides is 8. The molecule has 1 unspecified atom stereocenters. The minimum Gasteiger partial charge on any atom is -0.286 e. The molecule has 0 radical (unpaired) electrons. The molecule has 1 atom stereocenters. The van der Waals surface area contributed by atoms with Gasteiger partial charge in [-0.2, -0.15) is 0 Å². The smallest absolute Gasteiger partial charge is 0.286 e. The van der Waals surface area contributed by atoms with Gasteiger partial charge in [-0.1, -0.05) is 0 Å². The lowest BCUT2D eigenvalue weighted by atomic mass is 10.4. The molecule has 92 valence electrons. The van der Waals surface area contributed by atoms with E-state index in [1.807, 2.05) is 0 Å². The molecule has 0 rings (SSSR count). The van der Waals surface area contributed by atoms with Crippen molar-refractivity contribution in [2.45, 2.75) is 18.6 Å². The lowest BCUT2D eigenvalue weighted by Gasteiger charge is -2.23. The monoisotopic (exact) mass is 248 g/mol. The molecule has 0 aromatic carbocycles. The minimum atomic E-state index is -5.60. The first kappa shape index (κ1) is 14.4. The Morgan fingerprint density at radius 2 is 1.27 bits per heavy atom. The largest absolute Gasteiger partial charge is 0.525 e. The maximum atomic E-state index is 12.6. The molecule has 0 fully saturated rings. The Hall–Kier alpha value is -0.640. The second kappa shape index (κ2) is 4.47. The summed E-state index contributed by atoms with van der Waals surface area (Å²) in [6, 6.07) is 0. The van der Waals surface area contributed by atoms with Crippen LogP contribution in [0.1, 0.15) is 0 Å². The molecule has 0 heterocycles. The summed E-state index contributed by atoms with van der Waals surface area (Å²) in [5.41, 5.74) is 0. The summed E-state index contributed by atoms with van der Waals surface area (Å²) in [6.45, 7) is -4.67. The number of ether oxygens (including phenoxy) is 2. The third-order valence-electron chi connectivity index (χ3n) is 0.950. The summed E-state index contributed by atoms with van der Waals surface area (Å²) in [5.74, 6) is -4.20. The molecule has 0 aromatic heterocycles. The molecular formula is C5H4F8O2. The van der Waals surface area contributed by atoms with Crippen molar-refractivity contribution in [1.82, 2.24) is 0 Å². The van der Waals surface area contributed by atoms with Crippen LogP contribution < -0.4 is 0 Å². The van der Waals surface area contributed by atoms with Crippen LogP contribution in [0.2, 0.25) is 0 Å². The highest BCUT2D eigenvalue weighted by atomic mass is 19.4. The fourth-order valence-electron chi connectivity index (χ4n) is 0.492. The van der Waals surface area contributed by atoms with E-state index in [0.717, 1.165) is 0 Å². The van der Waals surface area contributed by atoms with Gasteiger partial charge in [0.05, 0.1) is 0 Å². The third kappa shape index (κ3) is 7.31.